The van der Waals surface area contributed by atoms with Gasteiger partial charge in [0.1, 0.15) is 6.10 Å². The molecule has 2 atom stereocenters. The Morgan fingerprint density at radius 2 is 2.00 bits per heavy atom. The summed E-state index contributed by atoms with van der Waals surface area (Å²) in [5, 5.41) is 10.1. The molecule has 1 aromatic carbocycles. The van der Waals surface area contributed by atoms with Crippen molar-refractivity contribution < 1.29 is 14.6 Å². The van der Waals surface area contributed by atoms with Crippen molar-refractivity contribution in [1.29, 1.82) is 0 Å². The zero-order valence-corrected chi connectivity index (χ0v) is 11.5. The Morgan fingerprint density at radius 3 is 2.74 bits per heavy atom. The summed E-state index contributed by atoms with van der Waals surface area (Å²) in [4.78, 5) is 0. The summed E-state index contributed by atoms with van der Waals surface area (Å²) in [6, 6.07) is 5.69. The molecule has 19 heavy (non-hydrogen) atoms. The molecule has 0 bridgehead atoms. The van der Waals surface area contributed by atoms with E-state index in [2.05, 4.69) is 0 Å². The van der Waals surface area contributed by atoms with Crippen LogP contribution in [-0.2, 0) is 6.54 Å². The molecular weight excluding hydrogens is 242 g/mol. The highest BCUT2D eigenvalue weighted by Crippen LogP contribution is 2.31. The smallest absolute Gasteiger partial charge is 0.161 e. The van der Waals surface area contributed by atoms with Crippen molar-refractivity contribution in [3.05, 3.63) is 23.8 Å². The highest BCUT2D eigenvalue weighted by molar-refractivity contribution is 5.43. The van der Waals surface area contributed by atoms with E-state index >= 15 is 0 Å². The van der Waals surface area contributed by atoms with Gasteiger partial charge in [0.15, 0.2) is 11.5 Å². The van der Waals surface area contributed by atoms with E-state index in [1.165, 1.54) is 6.42 Å². The molecule has 1 aromatic rings. The SMILES string of the molecule is COc1cc(CN)ccc1OC1CCCCCC1O. The molecule has 0 aromatic heterocycles. The summed E-state index contributed by atoms with van der Waals surface area (Å²) < 4.78 is 11.3. The van der Waals surface area contributed by atoms with E-state index in [9.17, 15) is 5.11 Å². The number of aliphatic hydroxyl groups is 1. The van der Waals surface area contributed by atoms with Crippen molar-refractivity contribution in [2.45, 2.75) is 50.9 Å². The molecule has 1 aliphatic carbocycles. The molecule has 0 spiro atoms. The molecule has 2 rings (SSSR count). The van der Waals surface area contributed by atoms with Crippen molar-refractivity contribution in [2.24, 2.45) is 5.73 Å². The molecular formula is C15H23NO3. The third kappa shape index (κ3) is 3.61. The lowest BCUT2D eigenvalue weighted by atomic mass is 10.1. The van der Waals surface area contributed by atoms with Gasteiger partial charge in [0.2, 0.25) is 0 Å². The maximum atomic E-state index is 10.1. The standard InChI is InChI=1S/C15H23NO3/c1-18-15-9-11(10-16)7-8-14(15)19-13-6-4-2-3-5-12(13)17/h7-9,12-13,17H,2-6,10,16H2,1H3. The number of benzene rings is 1. The van der Waals surface area contributed by atoms with Gasteiger partial charge >= 0.3 is 0 Å². The van der Waals surface area contributed by atoms with Crippen LogP contribution in [0.5, 0.6) is 11.5 Å². The number of nitrogens with two attached hydrogens (primary N) is 1. The van der Waals surface area contributed by atoms with Gasteiger partial charge in [-0.25, -0.2) is 0 Å². The van der Waals surface area contributed by atoms with Crippen LogP contribution in [0.1, 0.15) is 37.7 Å². The Morgan fingerprint density at radius 1 is 1.21 bits per heavy atom. The monoisotopic (exact) mass is 265 g/mol. The maximum Gasteiger partial charge on any atom is 0.161 e. The molecule has 3 N–H and O–H groups in total. The first-order valence-electron chi connectivity index (χ1n) is 6.96. The Kier molecular flexibility index (Phi) is 5.05. The second-order valence-electron chi connectivity index (χ2n) is 5.05. The zero-order valence-electron chi connectivity index (χ0n) is 11.5. The Bertz CT molecular complexity index is 408. The van der Waals surface area contributed by atoms with Gasteiger partial charge in [0.05, 0.1) is 13.2 Å². The van der Waals surface area contributed by atoms with Crippen molar-refractivity contribution in [3.63, 3.8) is 0 Å². The summed E-state index contributed by atoms with van der Waals surface area (Å²) in [5.74, 6) is 1.37. The minimum Gasteiger partial charge on any atom is -0.493 e. The topological polar surface area (TPSA) is 64.7 Å². The van der Waals surface area contributed by atoms with Crippen LogP contribution in [0, 0.1) is 0 Å². The lowest BCUT2D eigenvalue weighted by molar-refractivity contribution is 0.0305. The fourth-order valence-corrected chi connectivity index (χ4v) is 2.49. The van der Waals surface area contributed by atoms with Crippen LogP contribution < -0.4 is 15.2 Å². The number of rotatable bonds is 4. The molecule has 0 heterocycles. The molecule has 1 fully saturated rings. The third-order valence-electron chi connectivity index (χ3n) is 3.66. The third-order valence-corrected chi connectivity index (χ3v) is 3.66. The Labute approximate surface area is 114 Å². The van der Waals surface area contributed by atoms with E-state index in [1.54, 1.807) is 7.11 Å². The largest absolute Gasteiger partial charge is 0.493 e. The van der Waals surface area contributed by atoms with Gasteiger partial charge in [-0.2, -0.15) is 0 Å². The minimum atomic E-state index is -0.388. The normalized spacial score (nSPS) is 23.7. The van der Waals surface area contributed by atoms with Gasteiger partial charge in [-0.1, -0.05) is 18.9 Å². The maximum absolute atomic E-state index is 10.1. The van der Waals surface area contributed by atoms with Gasteiger partial charge in [0, 0.05) is 6.54 Å². The number of ether oxygens (including phenoxy) is 2. The highest BCUT2D eigenvalue weighted by atomic mass is 16.5. The molecule has 4 nitrogen and oxygen atoms in total. The summed E-state index contributed by atoms with van der Waals surface area (Å²) in [6.07, 6.45) is 4.52. The van der Waals surface area contributed by atoms with Crippen LogP contribution >= 0.6 is 0 Å². The quantitative estimate of drug-likeness (QED) is 0.819. The van der Waals surface area contributed by atoms with Crippen LogP contribution in [0.25, 0.3) is 0 Å². The summed E-state index contributed by atoms with van der Waals surface area (Å²) in [7, 11) is 1.62. The molecule has 0 saturated heterocycles. The van der Waals surface area contributed by atoms with Crippen LogP contribution in [0.2, 0.25) is 0 Å². The first-order valence-corrected chi connectivity index (χ1v) is 6.96. The number of aliphatic hydroxyl groups excluding tert-OH is 1. The fourth-order valence-electron chi connectivity index (χ4n) is 2.49. The predicted molar refractivity (Wildman–Crippen MR) is 74.4 cm³/mol. The number of hydrogen-bond donors (Lipinski definition) is 2. The van der Waals surface area contributed by atoms with E-state index in [4.69, 9.17) is 15.2 Å². The average molecular weight is 265 g/mol. The van der Waals surface area contributed by atoms with Crippen molar-refractivity contribution in [2.75, 3.05) is 7.11 Å². The van der Waals surface area contributed by atoms with E-state index in [-0.39, 0.29) is 12.2 Å². The first kappa shape index (κ1) is 14.2. The summed E-state index contributed by atoms with van der Waals surface area (Å²) >= 11 is 0. The minimum absolute atomic E-state index is 0.139. The molecule has 4 heteroatoms. The van der Waals surface area contributed by atoms with Crippen LogP contribution in [0.3, 0.4) is 0 Å². The number of methoxy groups -OCH3 is 1. The van der Waals surface area contributed by atoms with E-state index < -0.39 is 0 Å². The van der Waals surface area contributed by atoms with Gasteiger partial charge < -0.3 is 20.3 Å². The van der Waals surface area contributed by atoms with Crippen LogP contribution in [-0.4, -0.2) is 24.4 Å². The molecule has 0 aliphatic heterocycles. The fraction of sp³-hybridized carbons (Fsp3) is 0.600. The lowest BCUT2D eigenvalue weighted by Crippen LogP contribution is -2.30. The molecule has 0 radical (unpaired) electrons. The summed E-state index contributed by atoms with van der Waals surface area (Å²) in [5.41, 5.74) is 6.62. The Hall–Kier alpha value is -1.26. The van der Waals surface area contributed by atoms with E-state index in [0.29, 0.717) is 18.0 Å². The molecule has 106 valence electrons. The Balaban J connectivity index is 2.12. The van der Waals surface area contributed by atoms with E-state index in [0.717, 1.165) is 31.2 Å². The molecule has 1 saturated carbocycles. The van der Waals surface area contributed by atoms with Crippen molar-refractivity contribution in [1.82, 2.24) is 0 Å². The number of hydrogen-bond acceptors (Lipinski definition) is 4. The highest BCUT2D eigenvalue weighted by Gasteiger charge is 2.24. The first-order chi connectivity index (χ1) is 9.24. The van der Waals surface area contributed by atoms with Crippen molar-refractivity contribution >= 4 is 0 Å². The van der Waals surface area contributed by atoms with Gasteiger partial charge in [-0.3, -0.25) is 0 Å². The lowest BCUT2D eigenvalue weighted by Gasteiger charge is -2.23. The van der Waals surface area contributed by atoms with Gasteiger partial charge in [-0.15, -0.1) is 0 Å². The van der Waals surface area contributed by atoms with Crippen LogP contribution in [0.15, 0.2) is 18.2 Å². The van der Waals surface area contributed by atoms with Gasteiger partial charge in [0.25, 0.3) is 0 Å². The second-order valence-corrected chi connectivity index (χ2v) is 5.05. The van der Waals surface area contributed by atoms with Gasteiger partial charge in [-0.05, 0) is 37.0 Å². The molecule has 2 unspecified atom stereocenters. The molecule has 1 aliphatic rings. The van der Waals surface area contributed by atoms with Crippen LogP contribution in [0.4, 0.5) is 0 Å². The van der Waals surface area contributed by atoms with Crippen molar-refractivity contribution in [3.8, 4) is 11.5 Å². The second kappa shape index (κ2) is 6.78. The molecule has 0 amide bonds. The van der Waals surface area contributed by atoms with E-state index in [1.807, 2.05) is 18.2 Å². The predicted octanol–water partition coefficient (Wildman–Crippen LogP) is 2.23. The summed E-state index contributed by atoms with van der Waals surface area (Å²) in [6.45, 7) is 0.475. The average Bonchev–Trinajstić information content (AvgIpc) is 2.64. The zero-order chi connectivity index (χ0) is 13.7.